The molecule has 0 fully saturated rings. The van der Waals surface area contributed by atoms with Crippen LogP contribution in [0.5, 0.6) is 0 Å². The van der Waals surface area contributed by atoms with Gasteiger partial charge in [-0.05, 0) is 137 Å². The summed E-state index contributed by atoms with van der Waals surface area (Å²) in [5, 5.41) is 2.83. The fraction of sp³-hybridized carbons (Fsp3) is 0.404. The van der Waals surface area contributed by atoms with Gasteiger partial charge < -0.3 is 4.90 Å². The second kappa shape index (κ2) is 19.4. The van der Waals surface area contributed by atoms with Crippen molar-refractivity contribution in [2.45, 2.75) is 149 Å². The van der Waals surface area contributed by atoms with Gasteiger partial charge in [0.15, 0.2) is 0 Å². The van der Waals surface area contributed by atoms with E-state index in [1.54, 1.807) is 11.1 Å². The molecule has 7 rings (SSSR count). The molecule has 6 aromatic carbocycles. The minimum absolute atomic E-state index is 0.0363. The number of benzene rings is 6. The van der Waals surface area contributed by atoms with E-state index in [0.717, 1.165) is 6.42 Å². The van der Waals surface area contributed by atoms with Gasteiger partial charge in [0.25, 0.3) is 0 Å². The van der Waals surface area contributed by atoms with Crippen LogP contribution in [-0.2, 0) is 5.41 Å². The maximum absolute atomic E-state index is 2.62. The van der Waals surface area contributed by atoms with Crippen LogP contribution in [0.15, 0.2) is 121 Å². The average Bonchev–Trinajstić information content (AvgIpc) is 3.52. The molecule has 1 aliphatic carbocycles. The van der Waals surface area contributed by atoms with Gasteiger partial charge in [-0.2, -0.15) is 0 Å². The van der Waals surface area contributed by atoms with E-state index in [0.29, 0.717) is 5.92 Å². The topological polar surface area (TPSA) is 3.24 Å². The van der Waals surface area contributed by atoms with E-state index in [1.807, 2.05) is 0 Å². The number of aryl methyl sites for hydroxylation is 2. The van der Waals surface area contributed by atoms with Crippen molar-refractivity contribution in [1.29, 1.82) is 0 Å². The summed E-state index contributed by atoms with van der Waals surface area (Å²) < 4.78 is 0. The molecule has 0 radical (unpaired) electrons. The lowest BCUT2D eigenvalue weighted by atomic mass is 9.69. The molecular weight excluding hydrogens is 699 g/mol. The minimum Gasteiger partial charge on any atom is -0.311 e. The summed E-state index contributed by atoms with van der Waals surface area (Å²) in [7, 11) is 0. The Kier molecular flexibility index (Phi) is 13.9. The van der Waals surface area contributed by atoms with Gasteiger partial charge in [-0.3, -0.25) is 0 Å². The molecule has 0 aliphatic heterocycles. The van der Waals surface area contributed by atoms with E-state index in [9.17, 15) is 0 Å². The highest BCUT2D eigenvalue weighted by molar-refractivity contribution is 6.04. The quantitative estimate of drug-likeness (QED) is 0.0699. The first-order valence-corrected chi connectivity index (χ1v) is 23.1. The predicted molar refractivity (Wildman–Crippen MR) is 254 cm³/mol. The van der Waals surface area contributed by atoms with Crippen LogP contribution in [0.25, 0.3) is 33.0 Å². The average molecular weight is 768 g/mol. The van der Waals surface area contributed by atoms with Crippen LogP contribution in [0.2, 0.25) is 0 Å². The lowest BCUT2D eigenvalue weighted by Crippen LogP contribution is -2.26. The highest BCUT2D eigenvalue weighted by atomic mass is 15.1. The van der Waals surface area contributed by atoms with Gasteiger partial charge in [0, 0.05) is 22.5 Å². The van der Waals surface area contributed by atoms with E-state index in [1.165, 1.54) is 157 Å². The fourth-order valence-electron chi connectivity index (χ4n) is 9.92. The Labute approximate surface area is 351 Å². The van der Waals surface area contributed by atoms with Crippen molar-refractivity contribution in [1.82, 2.24) is 0 Å². The molecule has 0 heterocycles. The zero-order valence-corrected chi connectivity index (χ0v) is 36.7. The van der Waals surface area contributed by atoms with Crippen LogP contribution < -0.4 is 4.90 Å². The molecule has 1 aliphatic rings. The number of hydrogen-bond donors (Lipinski definition) is 0. The van der Waals surface area contributed by atoms with Crippen molar-refractivity contribution < 1.29 is 0 Å². The summed E-state index contributed by atoms with van der Waals surface area (Å²) in [6, 6.07) is 46.9. The van der Waals surface area contributed by atoms with E-state index in [2.05, 4.69) is 168 Å². The van der Waals surface area contributed by atoms with Crippen molar-refractivity contribution in [2.24, 2.45) is 0 Å². The summed E-state index contributed by atoms with van der Waals surface area (Å²) in [6.07, 6.45) is 19.6. The third-order valence-corrected chi connectivity index (χ3v) is 13.6. The van der Waals surface area contributed by atoms with Crippen LogP contribution >= 0.6 is 0 Å². The third-order valence-electron chi connectivity index (χ3n) is 13.6. The van der Waals surface area contributed by atoms with Gasteiger partial charge in [-0.1, -0.05) is 189 Å². The van der Waals surface area contributed by atoms with Crippen LogP contribution in [0.3, 0.4) is 0 Å². The lowest BCUT2D eigenvalue weighted by molar-refractivity contribution is 0.398. The maximum Gasteiger partial charge on any atom is 0.0462 e. The van der Waals surface area contributed by atoms with Gasteiger partial charge in [0.1, 0.15) is 0 Å². The molecule has 0 N–H and O–H groups in total. The summed E-state index contributed by atoms with van der Waals surface area (Å²) in [5.41, 5.74) is 16.4. The van der Waals surface area contributed by atoms with Crippen LogP contribution in [-0.4, -0.2) is 0 Å². The van der Waals surface area contributed by atoms with Gasteiger partial charge in [-0.15, -0.1) is 0 Å². The SMILES string of the molecule is CCCCCCCCC1(CCCCCCCC)c2cc(-c3ccc(N(c4ccc(C)cc4)c4ccc(C(C)CC)cc4)cc3)ccc2-c2c1cc(C)c1ccccc21. The fourth-order valence-corrected chi connectivity index (χ4v) is 9.92. The minimum atomic E-state index is 0.0363. The molecule has 0 amide bonds. The Morgan fingerprint density at radius 3 is 1.60 bits per heavy atom. The lowest BCUT2D eigenvalue weighted by Gasteiger charge is -2.33. The Morgan fingerprint density at radius 1 is 0.500 bits per heavy atom. The molecule has 0 bridgehead atoms. The number of rotatable bonds is 20. The zero-order chi connectivity index (χ0) is 40.5. The van der Waals surface area contributed by atoms with Gasteiger partial charge in [0.2, 0.25) is 0 Å². The first-order chi connectivity index (χ1) is 28.4. The first-order valence-electron chi connectivity index (χ1n) is 23.1. The third kappa shape index (κ3) is 8.85. The number of hydrogen-bond acceptors (Lipinski definition) is 1. The van der Waals surface area contributed by atoms with Crippen molar-refractivity contribution in [2.75, 3.05) is 4.90 Å². The Bertz CT molecular complexity index is 2210. The molecule has 0 spiro atoms. The van der Waals surface area contributed by atoms with Crippen molar-refractivity contribution >= 4 is 27.8 Å². The summed E-state index contributed by atoms with van der Waals surface area (Å²) >= 11 is 0. The summed E-state index contributed by atoms with van der Waals surface area (Å²) in [5.74, 6) is 0.555. The molecule has 1 unspecified atom stereocenters. The zero-order valence-electron chi connectivity index (χ0n) is 36.7. The molecule has 0 aromatic heterocycles. The second-order valence-electron chi connectivity index (χ2n) is 17.7. The molecule has 6 aromatic rings. The molecule has 58 heavy (non-hydrogen) atoms. The normalized spacial score (nSPS) is 13.4. The van der Waals surface area contributed by atoms with Gasteiger partial charge in [0.05, 0.1) is 0 Å². The molecule has 302 valence electrons. The highest BCUT2D eigenvalue weighted by Gasteiger charge is 2.43. The molecule has 0 saturated heterocycles. The van der Waals surface area contributed by atoms with Crippen LogP contribution in [0, 0.1) is 13.8 Å². The molecular formula is C57H69N. The van der Waals surface area contributed by atoms with Crippen LogP contribution in [0.4, 0.5) is 17.1 Å². The van der Waals surface area contributed by atoms with Crippen molar-refractivity contribution in [3.8, 4) is 22.3 Å². The summed E-state index contributed by atoms with van der Waals surface area (Å²) in [6.45, 7) is 13.8. The molecule has 1 nitrogen and oxygen atoms in total. The van der Waals surface area contributed by atoms with E-state index in [4.69, 9.17) is 0 Å². The Balaban J connectivity index is 1.28. The van der Waals surface area contributed by atoms with Crippen molar-refractivity contribution in [3.05, 3.63) is 149 Å². The predicted octanol–water partition coefficient (Wildman–Crippen LogP) is 17.9. The molecule has 1 heteroatoms. The van der Waals surface area contributed by atoms with Crippen molar-refractivity contribution in [3.63, 3.8) is 0 Å². The smallest absolute Gasteiger partial charge is 0.0462 e. The number of fused-ring (bicyclic) bond motifs is 5. The van der Waals surface area contributed by atoms with Crippen LogP contribution in [0.1, 0.15) is 158 Å². The number of nitrogens with zero attached hydrogens (tertiary/aromatic N) is 1. The van der Waals surface area contributed by atoms with E-state index in [-0.39, 0.29) is 5.41 Å². The Hall–Kier alpha value is -4.62. The highest BCUT2D eigenvalue weighted by Crippen LogP contribution is 2.57. The molecule has 0 saturated carbocycles. The Morgan fingerprint density at radius 2 is 1.02 bits per heavy atom. The largest absolute Gasteiger partial charge is 0.311 e. The standard InChI is InChI=1S/C57H69N/c1-7-10-12-14-16-20-38-57(39-21-17-15-13-11-8-2)54-41-47(30-37-53(54)56-52-23-19-18-22-51(52)44(6)40-55(56)57)46-28-35-50(36-29-46)58(48-31-24-42(4)25-32-48)49-33-26-45(27-34-49)43(5)9-3/h18-19,22-37,40-41,43H,7-17,20-21,38-39H2,1-6H3. The van der Waals surface area contributed by atoms with Gasteiger partial charge in [-0.25, -0.2) is 0 Å². The second-order valence-corrected chi connectivity index (χ2v) is 17.7. The number of unbranched alkanes of at least 4 members (excludes halogenated alkanes) is 10. The number of anilines is 3. The van der Waals surface area contributed by atoms with E-state index >= 15 is 0 Å². The van der Waals surface area contributed by atoms with Gasteiger partial charge >= 0.3 is 0 Å². The first kappa shape index (κ1) is 41.5. The maximum atomic E-state index is 2.62. The van der Waals surface area contributed by atoms with E-state index < -0.39 is 0 Å². The monoisotopic (exact) mass is 768 g/mol. The summed E-state index contributed by atoms with van der Waals surface area (Å²) in [4.78, 5) is 2.41. The molecule has 1 atom stereocenters.